The molecule has 2 fully saturated rings. The molecule has 1 aromatic heterocycles. The number of aliphatic hydroxyl groups excluding tert-OH is 1. The molecule has 1 amide bonds. The molecular weight excluding hydrogens is 339 g/mol. The van der Waals surface area contributed by atoms with E-state index in [2.05, 4.69) is 15.6 Å². The average molecular weight is 365 g/mol. The van der Waals surface area contributed by atoms with E-state index >= 15 is 0 Å². The third-order valence-corrected chi connectivity index (χ3v) is 4.87. The number of aromatic nitrogens is 2. The first-order valence-electron chi connectivity index (χ1n) is 7.82. The Balaban J connectivity index is 0.00000132. The number of rotatable bonds is 4. The zero-order valence-electron chi connectivity index (χ0n) is 13.3. The minimum Gasteiger partial charge on any atom is -0.393 e. The van der Waals surface area contributed by atoms with Crippen LogP contribution in [0.15, 0.2) is 12.4 Å². The number of aliphatic hydroxyl groups is 1. The van der Waals surface area contributed by atoms with E-state index in [4.69, 9.17) is 0 Å². The molecule has 1 saturated heterocycles. The Labute approximate surface area is 149 Å². The Morgan fingerprint density at radius 1 is 1.35 bits per heavy atom. The van der Waals surface area contributed by atoms with Gasteiger partial charge in [-0.15, -0.1) is 24.8 Å². The minimum atomic E-state index is -0.190. The molecule has 1 unspecified atom stereocenters. The number of carbonyl (C=O) groups is 1. The summed E-state index contributed by atoms with van der Waals surface area (Å²) in [6.07, 6.45) is 6.99. The predicted octanol–water partition coefficient (Wildman–Crippen LogP) is 1.13. The predicted molar refractivity (Wildman–Crippen MR) is 93.3 cm³/mol. The number of piperidine rings is 1. The number of amides is 1. The number of halogens is 2. The second-order valence-electron chi connectivity index (χ2n) is 6.33. The van der Waals surface area contributed by atoms with Crippen LogP contribution >= 0.6 is 24.8 Å². The van der Waals surface area contributed by atoms with Gasteiger partial charge in [-0.1, -0.05) is 0 Å². The number of hydrogen-bond acceptors (Lipinski definition) is 4. The molecular formula is C15H26Cl2N4O2. The van der Waals surface area contributed by atoms with E-state index < -0.39 is 0 Å². The molecule has 23 heavy (non-hydrogen) atoms. The summed E-state index contributed by atoms with van der Waals surface area (Å²) in [6.45, 7) is 2.02. The van der Waals surface area contributed by atoms with E-state index in [0.717, 1.165) is 38.8 Å². The minimum absolute atomic E-state index is 0. The summed E-state index contributed by atoms with van der Waals surface area (Å²) in [4.78, 5) is 16.6. The highest BCUT2D eigenvalue weighted by atomic mass is 35.5. The number of carbonyl (C=O) groups excluding carboxylic acids is 1. The van der Waals surface area contributed by atoms with Crippen LogP contribution in [0.2, 0.25) is 0 Å². The summed E-state index contributed by atoms with van der Waals surface area (Å²) in [5.74, 6) is 1.24. The van der Waals surface area contributed by atoms with Crippen molar-refractivity contribution < 1.29 is 9.90 Å². The van der Waals surface area contributed by atoms with Crippen LogP contribution in [0.3, 0.4) is 0 Å². The Bertz CT molecular complexity index is 499. The fourth-order valence-corrected chi connectivity index (χ4v) is 3.55. The van der Waals surface area contributed by atoms with Gasteiger partial charge in [0, 0.05) is 25.5 Å². The quantitative estimate of drug-likeness (QED) is 0.748. The largest absolute Gasteiger partial charge is 0.393 e. The van der Waals surface area contributed by atoms with Gasteiger partial charge in [-0.3, -0.25) is 4.79 Å². The van der Waals surface area contributed by atoms with Gasteiger partial charge in [0.1, 0.15) is 0 Å². The number of aryl methyl sites for hydroxylation is 1. The molecule has 0 spiro atoms. The van der Waals surface area contributed by atoms with E-state index in [-0.39, 0.29) is 42.9 Å². The normalized spacial score (nSPS) is 25.5. The van der Waals surface area contributed by atoms with Gasteiger partial charge >= 0.3 is 0 Å². The van der Waals surface area contributed by atoms with Crippen molar-refractivity contribution in [2.24, 2.45) is 18.9 Å². The third kappa shape index (κ3) is 4.59. The van der Waals surface area contributed by atoms with Crippen molar-refractivity contribution in [3.8, 4) is 0 Å². The lowest BCUT2D eigenvalue weighted by Gasteiger charge is -2.43. The van der Waals surface area contributed by atoms with Gasteiger partial charge in [-0.2, -0.15) is 0 Å². The smallest absolute Gasteiger partial charge is 0.287 e. The van der Waals surface area contributed by atoms with E-state index in [1.54, 1.807) is 17.0 Å². The molecule has 3 N–H and O–H groups in total. The molecule has 1 atom stereocenters. The number of nitrogens with one attached hydrogen (secondary N) is 2. The molecule has 2 heterocycles. The van der Waals surface area contributed by atoms with Crippen molar-refractivity contribution in [2.75, 3.05) is 13.1 Å². The molecule has 1 aliphatic carbocycles. The van der Waals surface area contributed by atoms with Crippen molar-refractivity contribution in [1.82, 2.24) is 20.2 Å². The first kappa shape index (κ1) is 20.2. The van der Waals surface area contributed by atoms with Gasteiger partial charge < -0.3 is 20.3 Å². The second kappa shape index (κ2) is 8.87. The summed E-state index contributed by atoms with van der Waals surface area (Å²) < 4.78 is 1.74. The monoisotopic (exact) mass is 364 g/mol. The second-order valence-corrected chi connectivity index (χ2v) is 6.33. The highest BCUT2D eigenvalue weighted by Crippen LogP contribution is 2.35. The molecule has 2 aliphatic rings. The molecule has 1 saturated carbocycles. The standard InChI is InChI=1S/C15H24N4O2.2ClH/c1-19-7-6-17-14(19)15(21)18-13(11-8-12(20)9-11)10-2-4-16-5-3-10;;/h6-7,10-13,16,20H,2-5,8-9H2,1H3,(H,18,21);2*1H. The highest BCUT2D eigenvalue weighted by Gasteiger charge is 2.39. The van der Waals surface area contributed by atoms with Crippen LogP contribution in [-0.2, 0) is 7.05 Å². The van der Waals surface area contributed by atoms with Crippen LogP contribution in [0, 0.1) is 11.8 Å². The molecule has 0 bridgehead atoms. The first-order valence-corrected chi connectivity index (χ1v) is 7.82. The van der Waals surface area contributed by atoms with Crippen molar-refractivity contribution in [2.45, 2.75) is 37.8 Å². The Hall–Kier alpha value is -0.820. The first-order chi connectivity index (χ1) is 10.1. The maximum Gasteiger partial charge on any atom is 0.287 e. The molecule has 1 aliphatic heterocycles. The summed E-state index contributed by atoms with van der Waals surface area (Å²) in [5, 5.41) is 16.1. The number of imidazole rings is 1. The van der Waals surface area contributed by atoms with Crippen LogP contribution < -0.4 is 10.6 Å². The van der Waals surface area contributed by atoms with Crippen molar-refractivity contribution in [3.05, 3.63) is 18.2 Å². The van der Waals surface area contributed by atoms with Gasteiger partial charge in [0.05, 0.1) is 6.10 Å². The van der Waals surface area contributed by atoms with Crippen molar-refractivity contribution >= 4 is 30.7 Å². The van der Waals surface area contributed by atoms with E-state index in [0.29, 0.717) is 17.7 Å². The van der Waals surface area contributed by atoms with Crippen LogP contribution in [0.5, 0.6) is 0 Å². The lowest BCUT2D eigenvalue weighted by atomic mass is 9.71. The van der Waals surface area contributed by atoms with Gasteiger partial charge in [-0.05, 0) is 50.6 Å². The van der Waals surface area contributed by atoms with Crippen LogP contribution in [0.25, 0.3) is 0 Å². The van der Waals surface area contributed by atoms with Crippen molar-refractivity contribution in [3.63, 3.8) is 0 Å². The lowest BCUT2D eigenvalue weighted by Crippen LogP contribution is -2.53. The summed E-state index contributed by atoms with van der Waals surface area (Å²) >= 11 is 0. The average Bonchev–Trinajstić information content (AvgIpc) is 2.89. The van der Waals surface area contributed by atoms with Gasteiger partial charge in [0.15, 0.2) is 5.82 Å². The van der Waals surface area contributed by atoms with Gasteiger partial charge in [0.25, 0.3) is 5.91 Å². The molecule has 132 valence electrons. The summed E-state index contributed by atoms with van der Waals surface area (Å²) in [5.41, 5.74) is 0. The van der Waals surface area contributed by atoms with Crippen LogP contribution in [0.4, 0.5) is 0 Å². The van der Waals surface area contributed by atoms with Crippen LogP contribution in [-0.4, -0.2) is 45.8 Å². The Morgan fingerprint density at radius 3 is 2.52 bits per heavy atom. The Kier molecular flexibility index (Phi) is 7.80. The molecule has 1 aromatic rings. The van der Waals surface area contributed by atoms with Crippen molar-refractivity contribution in [1.29, 1.82) is 0 Å². The van der Waals surface area contributed by atoms with E-state index in [1.807, 2.05) is 7.05 Å². The molecule has 8 heteroatoms. The number of hydrogen-bond donors (Lipinski definition) is 3. The van der Waals surface area contributed by atoms with Crippen LogP contribution in [0.1, 0.15) is 36.3 Å². The van der Waals surface area contributed by atoms with Gasteiger partial charge in [0.2, 0.25) is 0 Å². The number of nitrogens with zero attached hydrogens (tertiary/aromatic N) is 2. The maximum absolute atomic E-state index is 12.4. The highest BCUT2D eigenvalue weighted by molar-refractivity contribution is 5.91. The molecule has 0 radical (unpaired) electrons. The lowest BCUT2D eigenvalue weighted by molar-refractivity contribution is 0.00903. The zero-order valence-corrected chi connectivity index (χ0v) is 14.9. The maximum atomic E-state index is 12.4. The molecule has 3 rings (SSSR count). The topological polar surface area (TPSA) is 79.2 Å². The molecule has 6 nitrogen and oxygen atoms in total. The molecule has 0 aromatic carbocycles. The van der Waals surface area contributed by atoms with E-state index in [1.165, 1.54) is 0 Å². The Morgan fingerprint density at radius 2 is 2.00 bits per heavy atom. The third-order valence-electron chi connectivity index (χ3n) is 4.87. The fraction of sp³-hybridized carbons (Fsp3) is 0.733. The SMILES string of the molecule is Cl.Cl.Cn1ccnc1C(=O)NC(C1CCNCC1)C1CC(O)C1. The zero-order chi connectivity index (χ0) is 14.8. The summed E-state index contributed by atoms with van der Waals surface area (Å²) in [7, 11) is 1.83. The van der Waals surface area contributed by atoms with Gasteiger partial charge in [-0.25, -0.2) is 4.98 Å². The summed E-state index contributed by atoms with van der Waals surface area (Å²) in [6, 6.07) is 0.152. The van der Waals surface area contributed by atoms with E-state index in [9.17, 15) is 9.90 Å². The fourth-order valence-electron chi connectivity index (χ4n) is 3.55.